The van der Waals surface area contributed by atoms with Crippen molar-refractivity contribution in [3.63, 3.8) is 0 Å². The zero-order valence-electron chi connectivity index (χ0n) is 19.1. The van der Waals surface area contributed by atoms with E-state index in [0.29, 0.717) is 11.2 Å². The van der Waals surface area contributed by atoms with Gasteiger partial charge in [0.25, 0.3) is 0 Å². The second-order valence-electron chi connectivity index (χ2n) is 9.24. The number of fused-ring (bicyclic) bond motifs is 3. The number of anilines is 2. The third kappa shape index (κ3) is 5.20. The molecule has 6 rings (SSSR count). The molecule has 3 aromatic rings. The first kappa shape index (κ1) is 21.9. The van der Waals surface area contributed by atoms with Crippen LogP contribution >= 0.6 is 12.2 Å². The molecule has 0 amide bonds. The molecule has 0 saturated carbocycles. The maximum atomic E-state index is 5.57. The molecule has 33 heavy (non-hydrogen) atoms. The van der Waals surface area contributed by atoms with Gasteiger partial charge >= 0.3 is 0 Å². The highest BCUT2D eigenvalue weighted by Crippen LogP contribution is 2.36. The van der Waals surface area contributed by atoms with Crippen LogP contribution in [0.15, 0.2) is 73.1 Å². The van der Waals surface area contributed by atoms with Gasteiger partial charge in [0.05, 0.1) is 5.69 Å². The molecule has 3 fully saturated rings. The van der Waals surface area contributed by atoms with E-state index in [0.717, 1.165) is 36.3 Å². The standard InChI is InChI=1S/C26H32N6S/c1-30(23-6-3-2-4-7-23)18-21-19-31-15-12-20(21)16-25(31)17-27-26(33)29-22-8-10-24(11-9-22)32-14-5-13-28-32/h2-11,13-14,20-21,25H,12,15-19H2,1H3,(H2,27,29,33). The zero-order valence-corrected chi connectivity index (χ0v) is 19.9. The number of rotatable bonds is 7. The number of benzene rings is 2. The summed E-state index contributed by atoms with van der Waals surface area (Å²) in [5.41, 5.74) is 3.32. The number of nitrogens with one attached hydrogen (secondary N) is 2. The number of thiocarbonyl (C=S) groups is 1. The second kappa shape index (κ2) is 9.93. The first-order chi connectivity index (χ1) is 16.2. The summed E-state index contributed by atoms with van der Waals surface area (Å²) in [5.74, 6) is 1.53. The highest BCUT2D eigenvalue weighted by molar-refractivity contribution is 7.80. The van der Waals surface area contributed by atoms with E-state index in [1.807, 2.05) is 41.2 Å². The normalized spacial score (nSPS) is 23.8. The number of hydrogen-bond donors (Lipinski definition) is 2. The Morgan fingerprint density at radius 2 is 1.94 bits per heavy atom. The number of para-hydroxylation sites is 1. The Hall–Kier alpha value is -2.90. The third-order valence-electron chi connectivity index (χ3n) is 7.11. The van der Waals surface area contributed by atoms with E-state index >= 15 is 0 Å². The van der Waals surface area contributed by atoms with Gasteiger partial charge in [0.2, 0.25) is 0 Å². The van der Waals surface area contributed by atoms with Crippen LogP contribution in [0.5, 0.6) is 0 Å². The van der Waals surface area contributed by atoms with Gasteiger partial charge in [0, 0.05) is 56.5 Å². The summed E-state index contributed by atoms with van der Waals surface area (Å²) < 4.78 is 1.85. The molecule has 0 aliphatic carbocycles. The molecule has 3 aliphatic heterocycles. The maximum Gasteiger partial charge on any atom is 0.170 e. The van der Waals surface area contributed by atoms with E-state index in [9.17, 15) is 0 Å². The topological polar surface area (TPSA) is 48.4 Å². The van der Waals surface area contributed by atoms with Crippen molar-refractivity contribution in [3.8, 4) is 5.69 Å². The molecule has 4 atom stereocenters. The third-order valence-corrected chi connectivity index (χ3v) is 7.36. The molecule has 1 aromatic heterocycles. The molecule has 2 bridgehead atoms. The van der Waals surface area contributed by atoms with Gasteiger partial charge in [-0.2, -0.15) is 5.10 Å². The highest BCUT2D eigenvalue weighted by Gasteiger charge is 2.40. The largest absolute Gasteiger partial charge is 0.374 e. The molecule has 7 heteroatoms. The molecule has 6 nitrogen and oxygen atoms in total. The fraction of sp³-hybridized carbons (Fsp3) is 0.385. The SMILES string of the molecule is CN(CC1CN2CCC1CC2CNC(=S)Nc1ccc(-n2cccn2)cc1)c1ccccc1. The van der Waals surface area contributed by atoms with E-state index in [2.05, 4.69) is 62.9 Å². The Kier molecular flexibility index (Phi) is 6.60. The number of nitrogens with zero attached hydrogens (tertiary/aromatic N) is 4. The van der Waals surface area contributed by atoms with Gasteiger partial charge < -0.3 is 15.5 Å². The highest BCUT2D eigenvalue weighted by atomic mass is 32.1. The maximum absolute atomic E-state index is 5.57. The predicted molar refractivity (Wildman–Crippen MR) is 139 cm³/mol. The summed E-state index contributed by atoms with van der Waals surface area (Å²) in [6, 6.07) is 21.3. The quantitative estimate of drug-likeness (QED) is 0.520. The van der Waals surface area contributed by atoms with Crippen LogP contribution in [-0.2, 0) is 0 Å². The van der Waals surface area contributed by atoms with E-state index in [1.54, 1.807) is 6.20 Å². The van der Waals surface area contributed by atoms with Crippen LogP contribution in [0.1, 0.15) is 12.8 Å². The van der Waals surface area contributed by atoms with Gasteiger partial charge in [0.1, 0.15) is 0 Å². The first-order valence-corrected chi connectivity index (χ1v) is 12.2. The minimum Gasteiger partial charge on any atom is -0.374 e. The van der Waals surface area contributed by atoms with Crippen molar-refractivity contribution >= 4 is 28.7 Å². The van der Waals surface area contributed by atoms with E-state index in [-0.39, 0.29) is 0 Å². The van der Waals surface area contributed by atoms with Gasteiger partial charge in [-0.05, 0) is 85.9 Å². The summed E-state index contributed by atoms with van der Waals surface area (Å²) in [6.45, 7) is 4.41. The molecule has 0 radical (unpaired) electrons. The van der Waals surface area contributed by atoms with E-state index < -0.39 is 0 Å². The number of hydrogen-bond acceptors (Lipinski definition) is 4. The minimum absolute atomic E-state index is 0.559. The minimum atomic E-state index is 0.559. The summed E-state index contributed by atoms with van der Waals surface area (Å²) in [7, 11) is 2.22. The predicted octanol–water partition coefficient (Wildman–Crippen LogP) is 4.01. The zero-order chi connectivity index (χ0) is 22.6. The lowest BCUT2D eigenvalue weighted by Gasteiger charge is -2.51. The Morgan fingerprint density at radius 1 is 1.12 bits per heavy atom. The van der Waals surface area contributed by atoms with Crippen molar-refractivity contribution < 1.29 is 0 Å². The lowest BCUT2D eigenvalue weighted by Crippen LogP contribution is -2.58. The van der Waals surface area contributed by atoms with Crippen molar-refractivity contribution in [1.82, 2.24) is 20.0 Å². The lowest BCUT2D eigenvalue weighted by molar-refractivity contribution is 0.00667. The number of aromatic nitrogens is 2. The Labute approximate surface area is 201 Å². The summed E-state index contributed by atoms with van der Waals surface area (Å²) in [6.07, 6.45) is 6.28. The first-order valence-electron chi connectivity index (χ1n) is 11.8. The Balaban J connectivity index is 1.09. The molecule has 172 valence electrons. The van der Waals surface area contributed by atoms with E-state index in [1.165, 1.54) is 31.6 Å². The van der Waals surface area contributed by atoms with Crippen molar-refractivity contribution in [3.05, 3.63) is 73.1 Å². The average molecular weight is 461 g/mol. The van der Waals surface area contributed by atoms with Crippen LogP contribution in [0.3, 0.4) is 0 Å². The number of piperidine rings is 3. The van der Waals surface area contributed by atoms with Crippen molar-refractivity contribution in [2.45, 2.75) is 18.9 Å². The lowest BCUT2D eigenvalue weighted by atomic mass is 9.75. The molecule has 2 N–H and O–H groups in total. The molecule has 3 saturated heterocycles. The average Bonchev–Trinajstić information content (AvgIpc) is 3.39. The van der Waals surface area contributed by atoms with Crippen LogP contribution in [0, 0.1) is 11.8 Å². The van der Waals surface area contributed by atoms with Crippen LogP contribution < -0.4 is 15.5 Å². The molecule has 4 unspecified atom stereocenters. The van der Waals surface area contributed by atoms with Gasteiger partial charge in [-0.25, -0.2) is 4.68 Å². The van der Waals surface area contributed by atoms with Crippen LogP contribution in [-0.4, -0.2) is 59.1 Å². The van der Waals surface area contributed by atoms with Crippen molar-refractivity contribution in [1.29, 1.82) is 0 Å². The van der Waals surface area contributed by atoms with Crippen molar-refractivity contribution in [2.75, 3.05) is 43.4 Å². The van der Waals surface area contributed by atoms with E-state index in [4.69, 9.17) is 12.2 Å². The summed E-state index contributed by atoms with van der Waals surface area (Å²) in [4.78, 5) is 5.08. The molecule has 0 spiro atoms. The fourth-order valence-corrected chi connectivity index (χ4v) is 5.51. The molecule has 4 heterocycles. The monoisotopic (exact) mass is 460 g/mol. The summed E-state index contributed by atoms with van der Waals surface area (Å²) in [5, 5.41) is 11.7. The van der Waals surface area contributed by atoms with Crippen LogP contribution in [0.2, 0.25) is 0 Å². The van der Waals surface area contributed by atoms with Gasteiger partial charge in [-0.15, -0.1) is 0 Å². The molecular formula is C26H32N6S. The molecular weight excluding hydrogens is 428 g/mol. The fourth-order valence-electron chi connectivity index (χ4n) is 5.31. The van der Waals surface area contributed by atoms with Gasteiger partial charge in [-0.1, -0.05) is 18.2 Å². The van der Waals surface area contributed by atoms with Gasteiger partial charge in [-0.3, -0.25) is 4.90 Å². The summed E-state index contributed by atoms with van der Waals surface area (Å²) >= 11 is 5.57. The molecule has 3 aliphatic rings. The van der Waals surface area contributed by atoms with Gasteiger partial charge in [0.15, 0.2) is 5.11 Å². The Morgan fingerprint density at radius 3 is 2.64 bits per heavy atom. The van der Waals surface area contributed by atoms with Crippen molar-refractivity contribution in [2.24, 2.45) is 11.8 Å². The van der Waals surface area contributed by atoms with Crippen LogP contribution in [0.25, 0.3) is 5.69 Å². The smallest absolute Gasteiger partial charge is 0.170 e. The second-order valence-corrected chi connectivity index (χ2v) is 9.65. The van der Waals surface area contributed by atoms with Crippen LogP contribution in [0.4, 0.5) is 11.4 Å². The Bertz CT molecular complexity index is 1040. The molecule has 2 aromatic carbocycles.